The maximum absolute atomic E-state index is 11.3. The van der Waals surface area contributed by atoms with Crippen molar-refractivity contribution < 1.29 is 19.4 Å². The number of ether oxygens (including phenoxy) is 1. The first-order chi connectivity index (χ1) is 9.38. The minimum Gasteiger partial charge on any atom is -0.504 e. The lowest BCUT2D eigenvalue weighted by Crippen LogP contribution is -2.33. The predicted molar refractivity (Wildman–Crippen MR) is 77.2 cm³/mol. The Labute approximate surface area is 121 Å². The lowest BCUT2D eigenvalue weighted by molar-refractivity contribution is -0.143. The number of carboxylic acids is 1. The van der Waals surface area contributed by atoms with Gasteiger partial charge in [-0.15, -0.1) is 0 Å². The Morgan fingerprint density at radius 3 is 2.60 bits per heavy atom. The quantitative estimate of drug-likeness (QED) is 0.759. The van der Waals surface area contributed by atoms with E-state index in [-0.39, 0.29) is 17.6 Å². The molecule has 114 valence electrons. The summed E-state index contributed by atoms with van der Waals surface area (Å²) >= 11 is 0. The van der Waals surface area contributed by atoms with Crippen LogP contribution >= 0.6 is 0 Å². The molecule has 0 saturated heterocycles. The van der Waals surface area contributed by atoms with Gasteiger partial charge in [-0.3, -0.25) is 4.79 Å². The molecule has 20 heavy (non-hydrogen) atoms. The summed E-state index contributed by atoms with van der Waals surface area (Å²) in [5.74, 6) is -0.268. The first-order valence-electron chi connectivity index (χ1n) is 7.33. The van der Waals surface area contributed by atoms with Gasteiger partial charge in [0.05, 0.1) is 19.3 Å². The van der Waals surface area contributed by atoms with Crippen molar-refractivity contribution in [3.8, 4) is 0 Å². The van der Waals surface area contributed by atoms with Crippen LogP contribution in [0.4, 0.5) is 0 Å². The third kappa shape index (κ3) is 4.09. The molecule has 0 heterocycles. The maximum Gasteiger partial charge on any atom is 0.306 e. The van der Waals surface area contributed by atoms with Crippen molar-refractivity contribution in [2.45, 2.75) is 46.5 Å². The zero-order valence-corrected chi connectivity index (χ0v) is 12.9. The predicted octanol–water partition coefficient (Wildman–Crippen LogP) is 3.27. The van der Waals surface area contributed by atoms with Crippen LogP contribution in [0.3, 0.4) is 0 Å². The smallest absolute Gasteiger partial charge is 0.306 e. The lowest BCUT2D eigenvalue weighted by atomic mass is 9.66. The highest BCUT2D eigenvalue weighted by Crippen LogP contribution is 2.43. The van der Waals surface area contributed by atoms with Gasteiger partial charge < -0.3 is 14.6 Å². The molecule has 0 spiro atoms. The van der Waals surface area contributed by atoms with Crippen molar-refractivity contribution in [1.29, 1.82) is 0 Å². The van der Waals surface area contributed by atoms with E-state index in [0.717, 1.165) is 24.8 Å². The highest BCUT2D eigenvalue weighted by Gasteiger charge is 2.37. The average molecular weight is 282 g/mol. The van der Waals surface area contributed by atoms with Gasteiger partial charge in [-0.1, -0.05) is 13.8 Å². The fourth-order valence-corrected chi connectivity index (χ4v) is 3.25. The Bertz CT molecular complexity index is 386. The molecule has 0 unspecified atom stereocenters. The first kappa shape index (κ1) is 16.7. The van der Waals surface area contributed by atoms with E-state index >= 15 is 0 Å². The number of carbonyl (C=O) groups is 2. The van der Waals surface area contributed by atoms with Crippen molar-refractivity contribution in [3.05, 3.63) is 11.8 Å². The van der Waals surface area contributed by atoms with Crippen molar-refractivity contribution in [2.75, 3.05) is 7.11 Å². The number of methoxy groups -OCH3 is 1. The van der Waals surface area contributed by atoms with Crippen LogP contribution in [0.25, 0.3) is 0 Å². The van der Waals surface area contributed by atoms with Crippen molar-refractivity contribution in [2.24, 2.45) is 23.7 Å². The van der Waals surface area contributed by atoms with Gasteiger partial charge >= 0.3 is 5.97 Å². The summed E-state index contributed by atoms with van der Waals surface area (Å²) in [6, 6.07) is 0. The second-order valence-corrected chi connectivity index (χ2v) is 5.99. The number of allylic oxidation sites excluding steroid dienone is 1. The zero-order chi connectivity index (χ0) is 15.3. The summed E-state index contributed by atoms with van der Waals surface area (Å²) in [4.78, 5) is 22.5. The maximum atomic E-state index is 11.3. The Hall–Kier alpha value is -1.32. The summed E-state index contributed by atoms with van der Waals surface area (Å²) in [7, 11) is 1.59. The number of hydrogen-bond donors (Lipinski definition) is 1. The first-order valence-corrected chi connectivity index (χ1v) is 7.33. The van der Waals surface area contributed by atoms with Crippen LogP contribution in [0, 0.1) is 23.7 Å². The third-order valence-corrected chi connectivity index (χ3v) is 4.53. The average Bonchev–Trinajstić information content (AvgIpc) is 2.37. The topological polar surface area (TPSA) is 63.6 Å². The van der Waals surface area contributed by atoms with Crippen LogP contribution in [0.5, 0.6) is 0 Å². The number of hydrogen-bond acceptors (Lipinski definition) is 3. The molecule has 0 aromatic heterocycles. The summed E-state index contributed by atoms with van der Waals surface area (Å²) in [5.41, 5.74) is 1.07. The summed E-state index contributed by atoms with van der Waals surface area (Å²) in [6.07, 6.45) is 4.93. The second kappa shape index (κ2) is 7.46. The number of carbonyl (C=O) groups excluding carboxylic acids is 1. The monoisotopic (exact) mass is 282 g/mol. The number of rotatable bonds is 6. The number of aliphatic carboxylic acids is 1. The van der Waals surface area contributed by atoms with Crippen LogP contribution in [-0.2, 0) is 14.3 Å². The molecule has 0 bridgehead atoms. The third-order valence-electron chi connectivity index (χ3n) is 4.53. The highest BCUT2D eigenvalue weighted by atomic mass is 16.5. The van der Waals surface area contributed by atoms with Crippen LogP contribution in [-0.4, -0.2) is 24.0 Å². The normalized spacial score (nSPS) is 30.0. The van der Waals surface area contributed by atoms with Gasteiger partial charge in [0.1, 0.15) is 5.78 Å². The van der Waals surface area contributed by atoms with E-state index in [9.17, 15) is 14.7 Å². The molecule has 0 amide bonds. The Morgan fingerprint density at radius 1 is 1.45 bits per heavy atom. The van der Waals surface area contributed by atoms with Gasteiger partial charge in [0.15, 0.2) is 0 Å². The molecule has 1 aliphatic carbocycles. The molecule has 1 N–H and O–H groups in total. The molecule has 4 nitrogen and oxygen atoms in total. The van der Waals surface area contributed by atoms with E-state index in [1.54, 1.807) is 27.2 Å². The molecule has 1 aliphatic rings. The number of ketones is 1. The van der Waals surface area contributed by atoms with E-state index < -0.39 is 11.9 Å². The lowest BCUT2D eigenvalue weighted by Gasteiger charge is -2.38. The Kier molecular flexibility index (Phi) is 6.24. The minimum absolute atomic E-state index is 0.0145. The molecule has 1 fully saturated rings. The van der Waals surface area contributed by atoms with Crippen LogP contribution in [0.15, 0.2) is 11.8 Å². The number of Topliss-reactive ketones (excluding diaryl/α,β-unsaturated/α-hetero) is 1. The van der Waals surface area contributed by atoms with E-state index in [4.69, 9.17) is 4.74 Å². The molecule has 0 aromatic rings. The van der Waals surface area contributed by atoms with Gasteiger partial charge in [-0.2, -0.15) is 0 Å². The van der Waals surface area contributed by atoms with Gasteiger partial charge in [-0.25, -0.2) is 0 Å². The standard InChI is InChI=1S/C16H26O4/c1-10-5-7-14(12(3)16(18)19)15(9-20-4)13(10)8-6-11(2)17/h9-10,12-14H,5-8H2,1-4H3,(H,18,19)/b15-9-/t10-,12-,13+,14+/m1/s1. The Balaban J connectivity index is 2.96. The molecule has 4 atom stereocenters. The van der Waals surface area contributed by atoms with Gasteiger partial charge in [0.25, 0.3) is 0 Å². The molecular weight excluding hydrogens is 256 g/mol. The summed E-state index contributed by atoms with van der Waals surface area (Å²) in [6.45, 7) is 5.54. The van der Waals surface area contributed by atoms with Gasteiger partial charge in [-0.05, 0) is 49.5 Å². The minimum atomic E-state index is -0.767. The van der Waals surface area contributed by atoms with Crippen molar-refractivity contribution >= 4 is 11.8 Å². The SMILES string of the molecule is CO/C=C1/[C@@H](CCC(C)=O)[C@H](C)CC[C@H]1[C@@H](C)C(=O)O. The molecule has 1 saturated carbocycles. The van der Waals surface area contributed by atoms with E-state index in [1.165, 1.54) is 0 Å². The molecular formula is C16H26O4. The fourth-order valence-electron chi connectivity index (χ4n) is 3.25. The number of carboxylic acid groups (broad SMARTS) is 1. The van der Waals surface area contributed by atoms with E-state index in [1.807, 2.05) is 0 Å². The molecule has 0 radical (unpaired) electrons. The van der Waals surface area contributed by atoms with E-state index in [0.29, 0.717) is 12.3 Å². The van der Waals surface area contributed by atoms with Crippen LogP contribution < -0.4 is 0 Å². The van der Waals surface area contributed by atoms with Gasteiger partial charge in [0.2, 0.25) is 0 Å². The van der Waals surface area contributed by atoms with E-state index in [2.05, 4.69) is 6.92 Å². The molecule has 0 aliphatic heterocycles. The fraction of sp³-hybridized carbons (Fsp3) is 0.750. The highest BCUT2D eigenvalue weighted by molar-refractivity contribution is 5.75. The van der Waals surface area contributed by atoms with Crippen LogP contribution in [0.2, 0.25) is 0 Å². The van der Waals surface area contributed by atoms with Gasteiger partial charge in [0, 0.05) is 6.42 Å². The van der Waals surface area contributed by atoms with Crippen LogP contribution in [0.1, 0.15) is 46.5 Å². The molecule has 4 heteroatoms. The van der Waals surface area contributed by atoms with Crippen molar-refractivity contribution in [1.82, 2.24) is 0 Å². The Morgan fingerprint density at radius 2 is 2.10 bits per heavy atom. The zero-order valence-electron chi connectivity index (χ0n) is 12.9. The largest absolute Gasteiger partial charge is 0.504 e. The van der Waals surface area contributed by atoms with Crippen molar-refractivity contribution in [3.63, 3.8) is 0 Å². The molecule has 0 aromatic carbocycles. The second-order valence-electron chi connectivity index (χ2n) is 5.99. The molecule has 1 rings (SSSR count). The summed E-state index contributed by atoms with van der Waals surface area (Å²) < 4.78 is 5.19. The summed E-state index contributed by atoms with van der Waals surface area (Å²) in [5, 5.41) is 9.27.